The maximum absolute atomic E-state index is 4.25. The van der Waals surface area contributed by atoms with Crippen molar-refractivity contribution >= 4 is 0 Å². The van der Waals surface area contributed by atoms with Crippen LogP contribution in [0, 0.1) is 0 Å². The third-order valence-corrected chi connectivity index (χ3v) is 2.10. The Balaban J connectivity index is 0.000000354. The normalized spacial score (nSPS) is 24.0. The van der Waals surface area contributed by atoms with Crippen LogP contribution in [0.5, 0.6) is 0 Å². The van der Waals surface area contributed by atoms with Gasteiger partial charge in [0.05, 0.1) is 0 Å². The molecule has 0 aromatic rings. The zero-order chi connectivity index (χ0) is 9.56. The van der Waals surface area contributed by atoms with Crippen LogP contribution in [-0.4, -0.2) is 64.3 Å². The molecule has 0 amide bonds. The molecule has 74 valence electrons. The van der Waals surface area contributed by atoms with E-state index in [1.54, 1.807) is 14.2 Å². The molecule has 0 aromatic heterocycles. The van der Waals surface area contributed by atoms with Gasteiger partial charge in [-0.05, 0) is 34.1 Å². The van der Waals surface area contributed by atoms with Crippen molar-refractivity contribution in [1.29, 1.82) is 0 Å². The zero-order valence-corrected chi connectivity index (χ0v) is 9.00. The van der Waals surface area contributed by atoms with Crippen molar-refractivity contribution < 1.29 is 4.74 Å². The number of hydrogen-bond donors (Lipinski definition) is 0. The average molecular weight is 174 g/mol. The highest BCUT2D eigenvalue weighted by atomic mass is 16.4. The quantitative estimate of drug-likeness (QED) is 0.576. The highest BCUT2D eigenvalue weighted by Crippen LogP contribution is 2.09. The minimum absolute atomic E-state index is 0.801. The standard InChI is InChI=1S/C7H16N2.C2H6O/c1-8(2)7-4-5-9(3)6-7;1-3-2/h7H,4-6H2,1-3H3;1-2H3. The summed E-state index contributed by atoms with van der Waals surface area (Å²) < 4.78 is 4.25. The van der Waals surface area contributed by atoms with E-state index in [2.05, 4.69) is 35.7 Å². The van der Waals surface area contributed by atoms with Gasteiger partial charge in [0, 0.05) is 26.8 Å². The van der Waals surface area contributed by atoms with Crippen LogP contribution in [0.25, 0.3) is 0 Å². The SMILES string of the molecule is CN1CCC(N(C)C)C1.COC. The second-order valence-corrected chi connectivity index (χ2v) is 3.58. The highest BCUT2D eigenvalue weighted by Gasteiger charge is 2.20. The van der Waals surface area contributed by atoms with Crippen molar-refractivity contribution in [3.05, 3.63) is 0 Å². The van der Waals surface area contributed by atoms with Gasteiger partial charge in [0.1, 0.15) is 0 Å². The molecule has 12 heavy (non-hydrogen) atoms. The molecule has 0 bridgehead atoms. The number of hydrogen-bond acceptors (Lipinski definition) is 3. The predicted molar refractivity (Wildman–Crippen MR) is 52.5 cm³/mol. The maximum Gasteiger partial charge on any atom is 0.0351 e. The second kappa shape index (κ2) is 6.40. The van der Waals surface area contributed by atoms with Gasteiger partial charge < -0.3 is 14.5 Å². The summed E-state index contributed by atoms with van der Waals surface area (Å²) in [6, 6.07) is 0.801. The zero-order valence-electron chi connectivity index (χ0n) is 9.00. The first-order chi connectivity index (χ1) is 5.61. The van der Waals surface area contributed by atoms with E-state index in [9.17, 15) is 0 Å². The molecule has 0 radical (unpaired) electrons. The monoisotopic (exact) mass is 174 g/mol. The molecule has 1 saturated heterocycles. The first kappa shape index (κ1) is 11.9. The number of rotatable bonds is 1. The van der Waals surface area contributed by atoms with Crippen LogP contribution in [0.15, 0.2) is 0 Å². The van der Waals surface area contributed by atoms with Crippen LogP contribution < -0.4 is 0 Å². The number of methoxy groups -OCH3 is 1. The van der Waals surface area contributed by atoms with Crippen molar-refractivity contribution in [3.63, 3.8) is 0 Å². The van der Waals surface area contributed by atoms with Crippen LogP contribution >= 0.6 is 0 Å². The van der Waals surface area contributed by atoms with E-state index in [0.717, 1.165) is 6.04 Å². The smallest absolute Gasteiger partial charge is 0.0351 e. The van der Waals surface area contributed by atoms with Crippen LogP contribution in [0.3, 0.4) is 0 Å². The number of likely N-dealkylation sites (tertiary alicyclic amines) is 1. The summed E-state index contributed by atoms with van der Waals surface area (Å²) in [6.45, 7) is 2.51. The molecular weight excluding hydrogens is 152 g/mol. The number of nitrogens with zero attached hydrogens (tertiary/aromatic N) is 2. The first-order valence-corrected chi connectivity index (χ1v) is 4.37. The molecule has 1 atom stereocenters. The van der Waals surface area contributed by atoms with Crippen molar-refractivity contribution in [2.24, 2.45) is 0 Å². The lowest BCUT2D eigenvalue weighted by Gasteiger charge is -2.17. The van der Waals surface area contributed by atoms with Crippen LogP contribution in [0.2, 0.25) is 0 Å². The molecule has 3 nitrogen and oxygen atoms in total. The fourth-order valence-electron chi connectivity index (χ4n) is 1.33. The Morgan fingerprint density at radius 3 is 2.00 bits per heavy atom. The van der Waals surface area contributed by atoms with E-state index in [4.69, 9.17) is 0 Å². The topological polar surface area (TPSA) is 15.7 Å². The fraction of sp³-hybridized carbons (Fsp3) is 1.00. The lowest BCUT2D eigenvalue weighted by atomic mass is 10.2. The fourth-order valence-corrected chi connectivity index (χ4v) is 1.33. The van der Waals surface area contributed by atoms with Crippen molar-refractivity contribution in [3.8, 4) is 0 Å². The molecule has 0 spiro atoms. The third-order valence-electron chi connectivity index (χ3n) is 2.10. The molecule has 0 N–H and O–H groups in total. The largest absolute Gasteiger partial charge is 0.388 e. The lowest BCUT2D eigenvalue weighted by molar-refractivity contribution is 0.277. The van der Waals surface area contributed by atoms with Crippen LogP contribution in [0.4, 0.5) is 0 Å². The van der Waals surface area contributed by atoms with Gasteiger partial charge in [-0.3, -0.25) is 0 Å². The molecule has 1 heterocycles. The van der Waals surface area contributed by atoms with Gasteiger partial charge in [0.2, 0.25) is 0 Å². The molecule has 0 saturated carbocycles. The van der Waals surface area contributed by atoms with Crippen molar-refractivity contribution in [1.82, 2.24) is 9.80 Å². The van der Waals surface area contributed by atoms with E-state index in [0.29, 0.717) is 0 Å². The van der Waals surface area contributed by atoms with E-state index in [1.165, 1.54) is 19.5 Å². The average Bonchev–Trinajstić information content (AvgIpc) is 2.37. The summed E-state index contributed by atoms with van der Waals surface area (Å²) in [6.07, 6.45) is 1.34. The summed E-state index contributed by atoms with van der Waals surface area (Å²) in [5, 5.41) is 0. The van der Waals surface area contributed by atoms with E-state index < -0.39 is 0 Å². The summed E-state index contributed by atoms with van der Waals surface area (Å²) in [4.78, 5) is 4.69. The predicted octanol–water partition coefficient (Wildman–Crippen LogP) is 0.515. The Bertz CT molecular complexity index is 107. The molecule has 1 aliphatic heterocycles. The molecule has 1 fully saturated rings. The summed E-state index contributed by atoms with van der Waals surface area (Å²) >= 11 is 0. The Morgan fingerprint density at radius 2 is 1.83 bits per heavy atom. The molecule has 0 aliphatic carbocycles. The van der Waals surface area contributed by atoms with Gasteiger partial charge in [-0.25, -0.2) is 0 Å². The summed E-state index contributed by atoms with van der Waals surface area (Å²) in [7, 11) is 9.75. The number of likely N-dealkylation sites (N-methyl/N-ethyl adjacent to an activating group) is 2. The molecular formula is C9H22N2O. The highest BCUT2D eigenvalue weighted by molar-refractivity contribution is 4.77. The van der Waals surface area contributed by atoms with Gasteiger partial charge in [-0.15, -0.1) is 0 Å². The molecule has 1 aliphatic rings. The van der Waals surface area contributed by atoms with E-state index in [1.807, 2.05) is 0 Å². The van der Waals surface area contributed by atoms with Gasteiger partial charge in [-0.1, -0.05) is 0 Å². The van der Waals surface area contributed by atoms with Gasteiger partial charge >= 0.3 is 0 Å². The maximum atomic E-state index is 4.25. The van der Waals surface area contributed by atoms with Gasteiger partial charge in [0.15, 0.2) is 0 Å². The van der Waals surface area contributed by atoms with Crippen molar-refractivity contribution in [2.45, 2.75) is 12.5 Å². The first-order valence-electron chi connectivity index (χ1n) is 4.37. The second-order valence-electron chi connectivity index (χ2n) is 3.58. The van der Waals surface area contributed by atoms with Gasteiger partial charge in [0.25, 0.3) is 0 Å². The molecule has 3 heteroatoms. The van der Waals surface area contributed by atoms with Crippen LogP contribution in [0.1, 0.15) is 6.42 Å². The van der Waals surface area contributed by atoms with Crippen molar-refractivity contribution in [2.75, 3.05) is 48.5 Å². The van der Waals surface area contributed by atoms with E-state index in [-0.39, 0.29) is 0 Å². The Morgan fingerprint density at radius 1 is 1.33 bits per heavy atom. The minimum atomic E-state index is 0.801. The molecule has 1 rings (SSSR count). The van der Waals surface area contributed by atoms with E-state index >= 15 is 0 Å². The number of ether oxygens (including phenoxy) is 1. The molecule has 1 unspecified atom stereocenters. The Kier molecular flexibility index (Phi) is 6.34. The third kappa shape index (κ3) is 4.70. The Hall–Kier alpha value is -0.120. The Labute approximate surface area is 76.3 Å². The molecule has 0 aromatic carbocycles. The minimum Gasteiger partial charge on any atom is -0.388 e. The summed E-state index contributed by atoms with van der Waals surface area (Å²) in [5.41, 5.74) is 0. The van der Waals surface area contributed by atoms with Gasteiger partial charge in [-0.2, -0.15) is 0 Å². The summed E-state index contributed by atoms with van der Waals surface area (Å²) in [5.74, 6) is 0. The van der Waals surface area contributed by atoms with Crippen LogP contribution in [-0.2, 0) is 4.74 Å². The lowest BCUT2D eigenvalue weighted by Crippen LogP contribution is -2.30.